The smallest absolute Gasteiger partial charge is 0.161 e. The van der Waals surface area contributed by atoms with E-state index in [0.29, 0.717) is 11.6 Å². The van der Waals surface area contributed by atoms with Gasteiger partial charge in [0.25, 0.3) is 0 Å². The van der Waals surface area contributed by atoms with E-state index in [1.54, 1.807) is 0 Å². The predicted molar refractivity (Wildman–Crippen MR) is 347 cm³/mol. The Morgan fingerprint density at radius 2 is 0.655 bits per heavy atom. The highest BCUT2D eigenvalue weighted by Gasteiger charge is 2.20. The van der Waals surface area contributed by atoms with Crippen LogP contribution in [0.3, 0.4) is 0 Å². The second-order valence-electron chi connectivity index (χ2n) is 21.7. The van der Waals surface area contributed by atoms with E-state index < -0.39 is 0 Å². The number of fused-ring (bicyclic) bond motifs is 8. The molecular weight excluding hydrogens is 1020 g/mol. The summed E-state index contributed by atoms with van der Waals surface area (Å²) < 4.78 is 0. The number of hydrogen-bond donors (Lipinski definition) is 0. The van der Waals surface area contributed by atoms with E-state index in [-0.39, 0.29) is 0 Å². The molecule has 11 aromatic carbocycles. The van der Waals surface area contributed by atoms with Crippen molar-refractivity contribution in [2.75, 3.05) is 0 Å². The van der Waals surface area contributed by atoms with Crippen molar-refractivity contribution >= 4 is 60.2 Å². The zero-order valence-corrected chi connectivity index (χ0v) is 45.7. The first-order chi connectivity index (χ1) is 41.6. The first-order valence-electron chi connectivity index (χ1n) is 28.6. The lowest BCUT2D eigenvalue weighted by atomic mass is 9.89. The Bertz CT molecular complexity index is 5110. The number of rotatable bonds is 9. The molecule has 0 fully saturated rings. The maximum atomic E-state index is 5.41. The van der Waals surface area contributed by atoms with Gasteiger partial charge in [-0.15, -0.1) is 0 Å². The van der Waals surface area contributed by atoms with Gasteiger partial charge in [-0.3, -0.25) is 9.97 Å². The average Bonchev–Trinajstić information content (AvgIpc) is 3.66. The fourth-order valence-corrected chi connectivity index (χ4v) is 12.3. The fraction of sp³-hybridized carbons (Fsp3) is 0.0256. The molecule has 6 heteroatoms. The number of allylic oxidation sites excluding steroid dienone is 1. The number of hydrogen-bond acceptors (Lipinski definition) is 6. The van der Waals surface area contributed by atoms with Gasteiger partial charge in [0.15, 0.2) is 11.6 Å². The van der Waals surface area contributed by atoms with Crippen LogP contribution in [0.2, 0.25) is 0 Å². The number of pyridine rings is 2. The molecule has 4 aromatic heterocycles. The van der Waals surface area contributed by atoms with Crippen LogP contribution in [-0.2, 0) is 6.42 Å². The number of nitrogens with zero attached hydrogens (tertiary/aromatic N) is 6. The Morgan fingerprint density at radius 3 is 1.15 bits per heavy atom. The van der Waals surface area contributed by atoms with E-state index in [2.05, 4.69) is 265 Å². The molecule has 0 N–H and O–H groups in total. The number of benzene rings is 11. The molecule has 0 unspecified atom stereocenters. The molecule has 0 atom stereocenters. The van der Waals surface area contributed by atoms with Crippen LogP contribution in [0.1, 0.15) is 17.5 Å². The monoisotopic (exact) mass is 1070 g/mol. The van der Waals surface area contributed by atoms with Crippen molar-refractivity contribution in [1.82, 2.24) is 29.9 Å². The Hall–Kier alpha value is -11.1. The van der Waals surface area contributed by atoms with Crippen molar-refractivity contribution in [3.8, 4) is 101 Å². The molecule has 0 saturated carbocycles. The van der Waals surface area contributed by atoms with Gasteiger partial charge >= 0.3 is 0 Å². The van der Waals surface area contributed by atoms with Crippen LogP contribution < -0.4 is 0 Å². The van der Waals surface area contributed by atoms with Crippen molar-refractivity contribution in [3.05, 3.63) is 284 Å². The zero-order valence-electron chi connectivity index (χ0n) is 45.7. The zero-order chi connectivity index (χ0) is 55.5. The minimum Gasteiger partial charge on any atom is -0.256 e. The molecule has 0 aliphatic heterocycles. The SMILES string of the molecule is C1=Cc2c(cc(-c3nc(-c4ccc(-c5ccc(-c6cc(-c7ccc(-c8ccc9ncccc9c8)cc7)nc(-c7cc8ccccc8c8ccccc78)n6)cc5)cc4)cc(-c4ccc(-c5ccc6ncccc6c5)cc4)n3)c3ccccc23)CC1. The Morgan fingerprint density at radius 1 is 0.274 bits per heavy atom. The summed E-state index contributed by atoms with van der Waals surface area (Å²) in [4.78, 5) is 30.6. The first kappa shape index (κ1) is 48.8. The molecule has 0 amide bonds. The lowest BCUT2D eigenvalue weighted by Gasteiger charge is -2.17. The minimum absolute atomic E-state index is 0.680. The minimum atomic E-state index is 0.680. The van der Waals surface area contributed by atoms with E-state index >= 15 is 0 Å². The lowest BCUT2D eigenvalue weighted by molar-refractivity contribution is 0.989. The fourth-order valence-electron chi connectivity index (χ4n) is 12.3. The second kappa shape index (κ2) is 20.5. The van der Waals surface area contributed by atoms with Crippen LogP contribution >= 0.6 is 0 Å². The molecule has 0 radical (unpaired) electrons. The topological polar surface area (TPSA) is 77.3 Å². The molecule has 15 aromatic rings. The van der Waals surface area contributed by atoms with Crippen LogP contribution in [0.5, 0.6) is 0 Å². The van der Waals surface area contributed by atoms with Crippen LogP contribution in [0.15, 0.2) is 273 Å². The van der Waals surface area contributed by atoms with Gasteiger partial charge in [0, 0.05) is 56.5 Å². The summed E-state index contributed by atoms with van der Waals surface area (Å²) in [5.74, 6) is 1.39. The van der Waals surface area contributed by atoms with Crippen molar-refractivity contribution in [2.45, 2.75) is 12.8 Å². The lowest BCUT2D eigenvalue weighted by Crippen LogP contribution is -2.00. The van der Waals surface area contributed by atoms with Crippen LogP contribution in [0, 0.1) is 0 Å². The molecule has 1 aliphatic rings. The highest BCUT2D eigenvalue weighted by Crippen LogP contribution is 2.40. The molecule has 0 bridgehead atoms. The summed E-state index contributed by atoms with van der Waals surface area (Å²) in [6, 6.07) is 90.7. The maximum absolute atomic E-state index is 5.41. The standard InChI is InChI=1S/C78H50N6/c1-3-15-63-59(11-1)45-69(67-19-7-5-17-65(63)67)77-81-73(47-75(83-77)55-33-25-51(26-34-55)57-37-39-71-61(43-57)13-9-41-79-71)53-29-21-49(22-30-53)50-23-31-54(32-24-50)74-48-76(56-35-27-52(28-36-56)58-38-40-72-62(44-58)14-10-42-80-72)84-78(82-74)70-46-60-12-2-4-16-64(60)66-18-6-8-20-68(66)70/h1,3-11,13-48H,2,12H2. The highest BCUT2D eigenvalue weighted by molar-refractivity contribution is 6.13. The van der Waals surface area contributed by atoms with Gasteiger partial charge in [-0.25, -0.2) is 19.9 Å². The molecule has 0 spiro atoms. The summed E-state index contributed by atoms with van der Waals surface area (Å²) >= 11 is 0. The number of aromatic nitrogens is 6. The molecule has 392 valence electrons. The summed E-state index contributed by atoms with van der Waals surface area (Å²) in [5, 5.41) is 9.25. The molecule has 1 aliphatic carbocycles. The summed E-state index contributed by atoms with van der Waals surface area (Å²) in [6.45, 7) is 0. The molecule has 0 saturated heterocycles. The van der Waals surface area contributed by atoms with Gasteiger partial charge in [0.05, 0.1) is 33.8 Å². The first-order valence-corrected chi connectivity index (χ1v) is 28.6. The van der Waals surface area contributed by atoms with Crippen molar-refractivity contribution in [2.24, 2.45) is 0 Å². The van der Waals surface area contributed by atoms with E-state index in [0.717, 1.165) is 140 Å². The van der Waals surface area contributed by atoms with Gasteiger partial charge in [0.2, 0.25) is 0 Å². The Kier molecular flexibility index (Phi) is 11.9. The molecule has 6 nitrogen and oxygen atoms in total. The largest absolute Gasteiger partial charge is 0.256 e. The second-order valence-corrected chi connectivity index (χ2v) is 21.7. The van der Waals surface area contributed by atoms with Crippen LogP contribution in [0.25, 0.3) is 161 Å². The third kappa shape index (κ3) is 8.94. The number of aryl methyl sites for hydroxylation is 1. The normalized spacial score (nSPS) is 12.1. The maximum Gasteiger partial charge on any atom is 0.161 e. The summed E-state index contributed by atoms with van der Waals surface area (Å²) in [7, 11) is 0. The Labute approximate surface area is 485 Å². The summed E-state index contributed by atoms with van der Waals surface area (Å²) in [6.07, 6.45) is 10.2. The molecule has 4 heterocycles. The van der Waals surface area contributed by atoms with Gasteiger partial charge in [-0.1, -0.05) is 206 Å². The molecule has 84 heavy (non-hydrogen) atoms. The van der Waals surface area contributed by atoms with Crippen LogP contribution in [0.4, 0.5) is 0 Å². The van der Waals surface area contributed by atoms with E-state index in [9.17, 15) is 0 Å². The van der Waals surface area contributed by atoms with Gasteiger partial charge < -0.3 is 0 Å². The Balaban J connectivity index is 0.755. The summed E-state index contributed by atoms with van der Waals surface area (Å²) in [5.41, 5.74) is 20.8. The quantitative estimate of drug-likeness (QED) is 0.134. The van der Waals surface area contributed by atoms with Crippen LogP contribution in [-0.4, -0.2) is 29.9 Å². The third-order valence-electron chi connectivity index (χ3n) is 16.7. The third-order valence-corrected chi connectivity index (χ3v) is 16.7. The predicted octanol–water partition coefficient (Wildman–Crippen LogP) is 19.8. The van der Waals surface area contributed by atoms with Crippen molar-refractivity contribution in [3.63, 3.8) is 0 Å². The average molecular weight is 1070 g/mol. The van der Waals surface area contributed by atoms with E-state index in [1.807, 2.05) is 24.5 Å². The highest BCUT2D eigenvalue weighted by atomic mass is 14.9. The molecular formula is C78H50N6. The molecule has 16 rings (SSSR count). The van der Waals surface area contributed by atoms with Gasteiger partial charge in [0.1, 0.15) is 0 Å². The van der Waals surface area contributed by atoms with E-state index in [4.69, 9.17) is 19.9 Å². The van der Waals surface area contributed by atoms with Crippen molar-refractivity contribution in [1.29, 1.82) is 0 Å². The van der Waals surface area contributed by atoms with Gasteiger partial charge in [-0.2, -0.15) is 0 Å². The van der Waals surface area contributed by atoms with Crippen molar-refractivity contribution < 1.29 is 0 Å². The van der Waals surface area contributed by atoms with Gasteiger partial charge in [-0.05, 0) is 150 Å². The van der Waals surface area contributed by atoms with E-state index in [1.165, 1.54) is 27.3 Å².